The normalized spacial score (nSPS) is 31.3. The molecule has 33 heteroatoms. The van der Waals surface area contributed by atoms with E-state index in [9.17, 15) is 55.1 Å². The highest BCUT2D eigenvalue weighted by molar-refractivity contribution is 6.01. The van der Waals surface area contributed by atoms with E-state index in [1.165, 1.54) is 71.1 Å². The van der Waals surface area contributed by atoms with Gasteiger partial charge in [0.25, 0.3) is 0 Å². The quantitative estimate of drug-likeness (QED) is 0.108. The standard InChI is InChI=1S/C77H122F8N12O13/c1-18-45(7)63-71(107)91(13)41-61(100)92(14)54-25-23-22-24-32-96(70(54)106)58(36-46-26-29-49(30-27-46)76(80,81)82)69(105)90(12)40-59(98)86-53(31-28-47-34-51(78)62(52(79)35-47)77(83,84)85)67(103)97-39-50(110-21-4)37-56(97)66(102)88-75(42-74(8,9)43-75)73(109)95(17)64(48(19-2)20-3)72(108)94(16)57(68(104)89(10)11)38-60(99)93(15)55(33-44(5)6)65(101)87-63/h22-23,44-58,62-64H,18-21,24-43H2,1-17H3,(H,86,98)(H,87,101)(H,88,102)/b23-22-/t45-,46?,47?,49?,50+,51?,52?,53-,54-,55-,56-,57-,58-,62?,63-,64-/m0/s1. The molecular formula is C77H122F8N12O13. The van der Waals surface area contributed by atoms with Gasteiger partial charge in [-0.15, -0.1) is 0 Å². The van der Waals surface area contributed by atoms with E-state index in [4.69, 9.17) is 4.74 Å². The molecule has 2 unspecified atom stereocenters. The SMILES string of the molecule is CCO[C@@H]1C[C@H]2C(=O)NC3(CC(C)(C)C3)C(=O)N(C)[C@@H](C(CC)CC)C(=O)N(C)[C@H](C(=O)N(C)C)CC(=O)N(C)[C@@H](CC(C)C)C(=O)N[C@@H]([C@@H](C)CC)C(=O)N(C)CC(=O)N(C)[C@H]3C/C=C\CCN(C3=O)[C@@H](CC3CCC(C(F)(F)F)CC3)C(=O)N(C)CC(=O)N[C@@H](CCC3CC(F)C(C(F)(F)F)C(F)C3)C(=O)N2C1. The number of rotatable bonds is 15. The van der Waals surface area contributed by atoms with Crippen LogP contribution in [0, 0.1) is 46.8 Å². The van der Waals surface area contributed by atoms with Crippen LogP contribution in [0.1, 0.15) is 184 Å². The Hall–Kier alpha value is -7.22. The molecule has 2 bridgehead atoms. The van der Waals surface area contributed by atoms with Gasteiger partial charge in [0.1, 0.15) is 72.1 Å². The molecule has 12 atom stereocenters. The summed E-state index contributed by atoms with van der Waals surface area (Å²) < 4.78 is 122. The first-order chi connectivity index (χ1) is 51.2. The van der Waals surface area contributed by atoms with Crippen molar-refractivity contribution in [3.63, 3.8) is 0 Å². The highest BCUT2D eigenvalue weighted by atomic mass is 19.4. The van der Waals surface area contributed by atoms with Gasteiger partial charge >= 0.3 is 12.4 Å². The van der Waals surface area contributed by atoms with E-state index in [2.05, 4.69) is 16.0 Å². The van der Waals surface area contributed by atoms with Gasteiger partial charge in [-0.2, -0.15) is 26.3 Å². The second kappa shape index (κ2) is 38.5. The van der Waals surface area contributed by atoms with Crippen molar-refractivity contribution in [3.05, 3.63) is 12.2 Å². The first-order valence-electron chi connectivity index (χ1n) is 39.2. The molecule has 3 N–H and O–H groups in total. The maximum absolute atomic E-state index is 15.8. The summed E-state index contributed by atoms with van der Waals surface area (Å²) in [4.78, 5) is 192. The molecule has 3 saturated carbocycles. The number of ether oxygens (including phenoxy) is 1. The molecule has 624 valence electrons. The molecule has 2 saturated heterocycles. The summed E-state index contributed by atoms with van der Waals surface area (Å²) in [5, 5.41) is 8.45. The third kappa shape index (κ3) is 22.4. The molecule has 5 fully saturated rings. The summed E-state index contributed by atoms with van der Waals surface area (Å²) in [5.74, 6) is -17.4. The van der Waals surface area contributed by atoms with Crippen LogP contribution in [0.5, 0.6) is 0 Å². The lowest BCUT2D eigenvalue weighted by Gasteiger charge is -2.54. The summed E-state index contributed by atoms with van der Waals surface area (Å²) in [6, 6.07) is -11.6. The number of alkyl halides is 8. The molecule has 12 amide bonds. The average Bonchev–Trinajstić information content (AvgIpc) is 0.792. The summed E-state index contributed by atoms with van der Waals surface area (Å²) in [5.41, 5.74) is -2.40. The molecule has 3 aliphatic carbocycles. The monoisotopic (exact) mass is 1570 g/mol. The zero-order chi connectivity index (χ0) is 82.7. The maximum atomic E-state index is 15.8. The van der Waals surface area contributed by atoms with Crippen molar-refractivity contribution in [2.24, 2.45) is 46.8 Å². The number of halogens is 8. The summed E-state index contributed by atoms with van der Waals surface area (Å²) in [6.07, 6.45) is -15.6. The van der Waals surface area contributed by atoms with Crippen LogP contribution in [-0.4, -0.2) is 289 Å². The molecule has 6 rings (SSSR count). The molecule has 0 radical (unpaired) electrons. The van der Waals surface area contributed by atoms with Crippen molar-refractivity contribution in [2.45, 2.75) is 269 Å². The van der Waals surface area contributed by atoms with E-state index < -0.39 is 235 Å². The zero-order valence-corrected chi connectivity index (χ0v) is 67.4. The van der Waals surface area contributed by atoms with Crippen LogP contribution >= 0.6 is 0 Å². The highest BCUT2D eigenvalue weighted by Gasteiger charge is 2.60. The molecule has 0 aromatic heterocycles. The van der Waals surface area contributed by atoms with Crippen molar-refractivity contribution in [1.82, 2.24) is 60.0 Å². The third-order valence-electron chi connectivity index (χ3n) is 23.9. The van der Waals surface area contributed by atoms with E-state index in [0.717, 1.165) is 29.4 Å². The molecule has 3 aliphatic heterocycles. The molecule has 0 aromatic rings. The number of likely N-dealkylation sites (N-methyl/N-ethyl adjacent to an activating group) is 7. The molecule has 1 spiro atoms. The number of hydrogen-bond acceptors (Lipinski definition) is 13. The second-order valence-electron chi connectivity index (χ2n) is 33.4. The highest BCUT2D eigenvalue weighted by Crippen LogP contribution is 2.50. The van der Waals surface area contributed by atoms with Gasteiger partial charge in [0, 0.05) is 82.5 Å². The molecule has 6 aliphatic rings. The average molecular weight is 1580 g/mol. The van der Waals surface area contributed by atoms with Gasteiger partial charge < -0.3 is 64.8 Å². The van der Waals surface area contributed by atoms with E-state index in [0.29, 0.717) is 19.3 Å². The summed E-state index contributed by atoms with van der Waals surface area (Å²) in [7, 11) is 10.8. The Morgan fingerprint density at radius 2 is 1.24 bits per heavy atom. The number of nitrogens with one attached hydrogen (secondary N) is 3. The topological polar surface area (TPSA) is 279 Å². The Bertz CT molecular complexity index is 3280. The lowest BCUT2D eigenvalue weighted by molar-refractivity contribution is -0.219. The first kappa shape index (κ1) is 91.7. The molecule has 0 aromatic carbocycles. The Morgan fingerprint density at radius 3 is 1.77 bits per heavy atom. The van der Waals surface area contributed by atoms with Gasteiger partial charge in [0.15, 0.2) is 0 Å². The van der Waals surface area contributed by atoms with E-state index in [1.807, 2.05) is 27.7 Å². The lowest BCUT2D eigenvalue weighted by Crippen LogP contribution is -2.71. The Labute approximate surface area is 643 Å². The number of carbonyl (C=O) groups excluding carboxylic acids is 12. The van der Waals surface area contributed by atoms with E-state index >= 15 is 37.5 Å². The Morgan fingerprint density at radius 1 is 0.636 bits per heavy atom. The van der Waals surface area contributed by atoms with Crippen LogP contribution in [-0.2, 0) is 62.3 Å². The van der Waals surface area contributed by atoms with Gasteiger partial charge in [-0.05, 0) is 132 Å². The van der Waals surface area contributed by atoms with Crippen LogP contribution in [0.3, 0.4) is 0 Å². The second-order valence-corrected chi connectivity index (χ2v) is 33.4. The van der Waals surface area contributed by atoms with Crippen LogP contribution in [0.15, 0.2) is 12.2 Å². The number of hydrogen-bond donors (Lipinski definition) is 3. The van der Waals surface area contributed by atoms with Gasteiger partial charge in [0.2, 0.25) is 70.9 Å². The lowest BCUT2D eigenvalue weighted by atomic mass is 9.58. The maximum Gasteiger partial charge on any atom is 0.397 e. The van der Waals surface area contributed by atoms with Crippen molar-refractivity contribution in [2.75, 3.05) is 89.2 Å². The van der Waals surface area contributed by atoms with Gasteiger partial charge in [-0.25, -0.2) is 8.78 Å². The van der Waals surface area contributed by atoms with Crippen molar-refractivity contribution < 1.29 is 97.4 Å². The molecule has 25 nitrogen and oxygen atoms in total. The largest absolute Gasteiger partial charge is 0.397 e. The van der Waals surface area contributed by atoms with Crippen molar-refractivity contribution in [3.8, 4) is 0 Å². The zero-order valence-electron chi connectivity index (χ0n) is 67.4. The molecule has 3 heterocycles. The predicted octanol–water partition coefficient (Wildman–Crippen LogP) is 7.23. The van der Waals surface area contributed by atoms with Gasteiger partial charge in [-0.3, -0.25) is 57.5 Å². The van der Waals surface area contributed by atoms with E-state index in [1.54, 1.807) is 46.8 Å². The summed E-state index contributed by atoms with van der Waals surface area (Å²) in [6.45, 7) is 14.1. The number of amides is 12. The molecule has 110 heavy (non-hydrogen) atoms. The van der Waals surface area contributed by atoms with Gasteiger partial charge in [-0.1, -0.05) is 86.8 Å². The minimum Gasteiger partial charge on any atom is -0.377 e. The fourth-order valence-electron chi connectivity index (χ4n) is 17.4. The van der Waals surface area contributed by atoms with Crippen LogP contribution in [0.4, 0.5) is 35.1 Å². The van der Waals surface area contributed by atoms with Crippen LogP contribution in [0.25, 0.3) is 0 Å². The minimum atomic E-state index is -5.22. The molecular weight excluding hydrogens is 1450 g/mol. The minimum absolute atomic E-state index is 0.00621. The predicted molar refractivity (Wildman–Crippen MR) is 392 cm³/mol. The Kier molecular flexibility index (Phi) is 32.1. The number of carbonyl (C=O) groups is 12. The summed E-state index contributed by atoms with van der Waals surface area (Å²) >= 11 is 0. The van der Waals surface area contributed by atoms with Crippen LogP contribution < -0.4 is 16.0 Å². The van der Waals surface area contributed by atoms with Crippen molar-refractivity contribution in [1.29, 1.82) is 0 Å². The number of fused-ring (bicyclic) bond motifs is 3. The van der Waals surface area contributed by atoms with Crippen LogP contribution in [0.2, 0.25) is 0 Å². The fraction of sp³-hybridized carbons (Fsp3) is 0.818. The van der Waals surface area contributed by atoms with Gasteiger partial charge in [0.05, 0.1) is 31.5 Å². The number of nitrogens with zero attached hydrogens (tertiary/aromatic N) is 9. The smallest absolute Gasteiger partial charge is 0.377 e. The fourth-order valence-corrected chi connectivity index (χ4v) is 17.4. The van der Waals surface area contributed by atoms with Crippen molar-refractivity contribution >= 4 is 70.9 Å². The Balaban J connectivity index is 1.51. The third-order valence-corrected chi connectivity index (χ3v) is 23.9. The van der Waals surface area contributed by atoms with E-state index in [-0.39, 0.29) is 103 Å². The first-order valence-corrected chi connectivity index (χ1v) is 39.2.